The number of carbonyl (C=O) groups excluding carboxylic acids is 1. The average molecular weight is 255 g/mol. The zero-order chi connectivity index (χ0) is 13.7. The molecule has 1 aromatic heterocycles. The molecule has 1 unspecified atom stereocenters. The highest BCUT2D eigenvalue weighted by atomic mass is 19.1. The van der Waals surface area contributed by atoms with Crippen molar-refractivity contribution in [3.05, 3.63) is 65.7 Å². The Balaban J connectivity index is 2.14. The van der Waals surface area contributed by atoms with Crippen molar-refractivity contribution >= 4 is 5.91 Å². The molecule has 2 rings (SSSR count). The van der Waals surface area contributed by atoms with Crippen molar-refractivity contribution in [2.75, 3.05) is 0 Å². The maximum atomic E-state index is 12.8. The number of nitriles is 1. The van der Waals surface area contributed by atoms with Gasteiger partial charge >= 0.3 is 0 Å². The highest BCUT2D eigenvalue weighted by Crippen LogP contribution is 2.13. The summed E-state index contributed by atoms with van der Waals surface area (Å²) in [6.45, 7) is 0. The largest absolute Gasteiger partial charge is 0.332 e. The molecule has 1 aromatic carbocycles. The lowest BCUT2D eigenvalue weighted by Crippen LogP contribution is -2.27. The Hall–Kier alpha value is -2.74. The first-order valence-corrected chi connectivity index (χ1v) is 5.56. The first kappa shape index (κ1) is 12.7. The van der Waals surface area contributed by atoms with E-state index < -0.39 is 11.9 Å². The Morgan fingerprint density at radius 3 is 2.63 bits per heavy atom. The minimum absolute atomic E-state index is 0.366. The molecule has 0 bridgehead atoms. The third-order valence-corrected chi connectivity index (χ3v) is 2.53. The smallest absolute Gasteiger partial charge is 0.254 e. The molecule has 94 valence electrons. The van der Waals surface area contributed by atoms with E-state index in [4.69, 9.17) is 5.26 Å². The molecule has 0 aliphatic carbocycles. The van der Waals surface area contributed by atoms with Crippen LogP contribution in [0.25, 0.3) is 0 Å². The summed E-state index contributed by atoms with van der Waals surface area (Å²) in [5, 5.41) is 11.6. The number of nitrogens with zero attached hydrogens (tertiary/aromatic N) is 2. The molecule has 1 atom stereocenters. The molecule has 1 N–H and O–H groups in total. The van der Waals surface area contributed by atoms with Gasteiger partial charge in [-0.15, -0.1) is 0 Å². The number of halogens is 1. The molecule has 0 fully saturated rings. The summed E-state index contributed by atoms with van der Waals surface area (Å²) in [6, 6.07) is 9.79. The zero-order valence-corrected chi connectivity index (χ0v) is 9.88. The second kappa shape index (κ2) is 5.74. The van der Waals surface area contributed by atoms with Crippen LogP contribution in [0.2, 0.25) is 0 Å². The van der Waals surface area contributed by atoms with Crippen molar-refractivity contribution in [3.63, 3.8) is 0 Å². The third-order valence-electron chi connectivity index (χ3n) is 2.53. The van der Waals surface area contributed by atoms with E-state index in [2.05, 4.69) is 10.3 Å². The van der Waals surface area contributed by atoms with Crippen molar-refractivity contribution in [2.24, 2.45) is 0 Å². The van der Waals surface area contributed by atoms with Crippen molar-refractivity contribution < 1.29 is 9.18 Å². The van der Waals surface area contributed by atoms with Crippen LogP contribution in [0.15, 0.2) is 48.8 Å². The first-order chi connectivity index (χ1) is 9.20. The molecule has 0 spiro atoms. The predicted octanol–water partition coefficient (Wildman–Crippen LogP) is 2.22. The van der Waals surface area contributed by atoms with E-state index >= 15 is 0 Å². The third kappa shape index (κ3) is 3.13. The summed E-state index contributed by atoms with van der Waals surface area (Å²) in [6.07, 6.45) is 2.97. The molecule has 0 radical (unpaired) electrons. The van der Waals surface area contributed by atoms with Crippen LogP contribution in [0.5, 0.6) is 0 Å². The SMILES string of the molecule is N#CC(NC(=O)c1cccnc1)c1ccc(F)cc1. The number of aromatic nitrogens is 1. The second-order valence-corrected chi connectivity index (χ2v) is 3.83. The van der Waals surface area contributed by atoms with Gasteiger partial charge in [-0.1, -0.05) is 12.1 Å². The highest BCUT2D eigenvalue weighted by molar-refractivity contribution is 5.94. The van der Waals surface area contributed by atoms with Gasteiger partial charge in [-0.25, -0.2) is 4.39 Å². The normalized spacial score (nSPS) is 11.4. The van der Waals surface area contributed by atoms with Crippen LogP contribution in [-0.2, 0) is 0 Å². The monoisotopic (exact) mass is 255 g/mol. The molecule has 4 nitrogen and oxygen atoms in total. The van der Waals surface area contributed by atoms with Gasteiger partial charge in [0.15, 0.2) is 0 Å². The van der Waals surface area contributed by atoms with Gasteiger partial charge in [0.2, 0.25) is 0 Å². The lowest BCUT2D eigenvalue weighted by Gasteiger charge is -2.11. The van der Waals surface area contributed by atoms with E-state index in [9.17, 15) is 9.18 Å². The van der Waals surface area contributed by atoms with E-state index in [1.807, 2.05) is 6.07 Å². The quantitative estimate of drug-likeness (QED) is 0.914. The van der Waals surface area contributed by atoms with Gasteiger partial charge in [0, 0.05) is 12.4 Å². The van der Waals surface area contributed by atoms with E-state index in [0.717, 1.165) is 0 Å². The molecule has 0 aliphatic heterocycles. The van der Waals surface area contributed by atoms with Gasteiger partial charge in [-0.05, 0) is 29.8 Å². The Labute approximate surface area is 109 Å². The van der Waals surface area contributed by atoms with Gasteiger partial charge < -0.3 is 5.32 Å². The fraction of sp³-hybridized carbons (Fsp3) is 0.0714. The van der Waals surface area contributed by atoms with Crippen LogP contribution >= 0.6 is 0 Å². The number of amides is 1. The molecule has 5 heteroatoms. The van der Waals surface area contributed by atoms with E-state index in [1.54, 1.807) is 18.3 Å². The number of pyridine rings is 1. The Kier molecular flexibility index (Phi) is 3.84. The Morgan fingerprint density at radius 2 is 2.05 bits per heavy atom. The fourth-order valence-electron chi connectivity index (χ4n) is 1.56. The van der Waals surface area contributed by atoms with Gasteiger partial charge in [-0.3, -0.25) is 9.78 Å². The molecule has 2 aromatic rings. The van der Waals surface area contributed by atoms with Crippen molar-refractivity contribution in [3.8, 4) is 6.07 Å². The average Bonchev–Trinajstić information content (AvgIpc) is 2.46. The molecule has 19 heavy (non-hydrogen) atoms. The van der Waals surface area contributed by atoms with E-state index in [-0.39, 0.29) is 5.82 Å². The van der Waals surface area contributed by atoms with Crippen LogP contribution in [0, 0.1) is 17.1 Å². The van der Waals surface area contributed by atoms with Crippen LogP contribution in [0.3, 0.4) is 0 Å². The zero-order valence-electron chi connectivity index (χ0n) is 9.88. The molecular formula is C14H10FN3O. The number of hydrogen-bond donors (Lipinski definition) is 1. The lowest BCUT2D eigenvalue weighted by atomic mass is 10.1. The highest BCUT2D eigenvalue weighted by Gasteiger charge is 2.15. The van der Waals surface area contributed by atoms with Gasteiger partial charge in [0.25, 0.3) is 5.91 Å². The van der Waals surface area contributed by atoms with Crippen molar-refractivity contribution in [1.29, 1.82) is 5.26 Å². The molecular weight excluding hydrogens is 245 g/mol. The fourth-order valence-corrected chi connectivity index (χ4v) is 1.56. The van der Waals surface area contributed by atoms with Crippen LogP contribution in [0.1, 0.15) is 22.0 Å². The predicted molar refractivity (Wildman–Crippen MR) is 66.5 cm³/mol. The maximum Gasteiger partial charge on any atom is 0.254 e. The standard InChI is InChI=1S/C14H10FN3O/c15-12-5-3-10(4-6-12)13(8-16)18-14(19)11-2-1-7-17-9-11/h1-7,9,13H,(H,18,19). The minimum Gasteiger partial charge on any atom is -0.332 e. The number of rotatable bonds is 3. The minimum atomic E-state index is -0.826. The van der Waals surface area contributed by atoms with Crippen molar-refractivity contribution in [1.82, 2.24) is 10.3 Å². The van der Waals surface area contributed by atoms with Crippen molar-refractivity contribution in [2.45, 2.75) is 6.04 Å². The van der Waals surface area contributed by atoms with Crippen LogP contribution < -0.4 is 5.32 Å². The molecule has 1 heterocycles. The summed E-state index contributed by atoms with van der Waals surface area (Å²) >= 11 is 0. The van der Waals surface area contributed by atoms with E-state index in [1.165, 1.54) is 30.5 Å². The number of carbonyl (C=O) groups is 1. The summed E-state index contributed by atoms with van der Waals surface area (Å²) in [5.41, 5.74) is 0.894. The summed E-state index contributed by atoms with van der Waals surface area (Å²) < 4.78 is 12.8. The molecule has 1 amide bonds. The lowest BCUT2D eigenvalue weighted by molar-refractivity contribution is 0.0945. The number of benzene rings is 1. The number of hydrogen-bond acceptors (Lipinski definition) is 3. The topological polar surface area (TPSA) is 65.8 Å². The Morgan fingerprint density at radius 1 is 1.32 bits per heavy atom. The number of nitrogens with one attached hydrogen (secondary N) is 1. The molecule has 0 saturated carbocycles. The maximum absolute atomic E-state index is 12.8. The summed E-state index contributed by atoms with van der Waals surface area (Å²) in [4.78, 5) is 15.7. The summed E-state index contributed by atoms with van der Waals surface area (Å²) in [7, 11) is 0. The second-order valence-electron chi connectivity index (χ2n) is 3.83. The van der Waals surface area contributed by atoms with E-state index in [0.29, 0.717) is 11.1 Å². The Bertz CT molecular complexity index is 605. The van der Waals surface area contributed by atoms with Crippen LogP contribution in [0.4, 0.5) is 4.39 Å². The first-order valence-electron chi connectivity index (χ1n) is 5.56. The molecule has 0 aliphatic rings. The summed E-state index contributed by atoms with van der Waals surface area (Å²) in [5.74, 6) is -0.789. The molecule has 0 saturated heterocycles. The van der Waals surface area contributed by atoms with Gasteiger partial charge in [-0.2, -0.15) is 5.26 Å². The van der Waals surface area contributed by atoms with Crippen LogP contribution in [-0.4, -0.2) is 10.9 Å². The van der Waals surface area contributed by atoms with Gasteiger partial charge in [0.05, 0.1) is 11.6 Å². The van der Waals surface area contributed by atoms with Gasteiger partial charge in [0.1, 0.15) is 11.9 Å².